The molecule has 0 saturated carbocycles. The maximum atomic E-state index is 13.3. The summed E-state index contributed by atoms with van der Waals surface area (Å²) in [5, 5.41) is 0. The number of imide groups is 2. The van der Waals surface area contributed by atoms with Gasteiger partial charge in [-0.25, -0.2) is 4.90 Å². The molecule has 2 aliphatic rings. The van der Waals surface area contributed by atoms with E-state index in [1.807, 2.05) is 31.2 Å². The Balaban J connectivity index is 0.00000294. The molecule has 188 valence electrons. The molecule has 7 nitrogen and oxygen atoms in total. The lowest BCUT2D eigenvalue weighted by Crippen LogP contribution is -2.29. The molecule has 2 heterocycles. The molecule has 0 radical (unpaired) electrons. The summed E-state index contributed by atoms with van der Waals surface area (Å²) in [5.41, 5.74) is 4.17. The topological polar surface area (TPSA) is 84.0 Å². The molecule has 0 atom stereocenters. The number of nitrogens with zero attached hydrogens (tertiary/aromatic N) is 2. The van der Waals surface area contributed by atoms with E-state index in [-0.39, 0.29) is 24.8 Å². The number of rotatable bonds is 4. The van der Waals surface area contributed by atoms with E-state index in [0.717, 1.165) is 15.4 Å². The third-order valence-electron chi connectivity index (χ3n) is 6.66. The zero-order valence-corrected chi connectivity index (χ0v) is 20.0. The van der Waals surface area contributed by atoms with Crippen LogP contribution in [0.25, 0.3) is 11.1 Å². The molecule has 0 saturated heterocycles. The normalized spacial score (nSPS) is 13.9. The summed E-state index contributed by atoms with van der Waals surface area (Å²) in [7, 11) is 1.44. The van der Waals surface area contributed by atoms with Gasteiger partial charge in [0.15, 0.2) is 0 Å². The molecule has 4 aromatic rings. The highest BCUT2D eigenvalue weighted by Crippen LogP contribution is 2.34. The third kappa shape index (κ3) is 3.85. The number of carbonyl (C=O) groups is 4. The first-order chi connectivity index (χ1) is 17.8. The summed E-state index contributed by atoms with van der Waals surface area (Å²) in [6, 6.07) is 24.4. The molecule has 0 N–H and O–H groups in total. The number of fused-ring (bicyclic) bond motifs is 2. The number of benzene rings is 4. The van der Waals surface area contributed by atoms with Gasteiger partial charge in [-0.2, -0.15) is 0 Å². The van der Waals surface area contributed by atoms with Crippen molar-refractivity contribution in [2.24, 2.45) is 0 Å². The second-order valence-electron chi connectivity index (χ2n) is 9.04. The Morgan fingerprint density at radius 1 is 0.553 bits per heavy atom. The van der Waals surface area contributed by atoms with Gasteiger partial charge in [-0.1, -0.05) is 37.3 Å². The van der Waals surface area contributed by atoms with Crippen LogP contribution >= 0.6 is 0 Å². The minimum atomic E-state index is -0.429. The fourth-order valence-electron chi connectivity index (χ4n) is 4.60. The standard InChI is InChI=1S/C30H20N2O5.CH4/c1-17-3-9-21(10-4-17)37-22-11-7-20(8-12-22)32-29(35)24-14-6-19(16-26(24)30(32)36)18-5-13-23-25(15-18)28(34)31(2)27(23)33;/h3-16H,1-2H3;1H4. The van der Waals surface area contributed by atoms with Gasteiger partial charge in [0.1, 0.15) is 11.5 Å². The monoisotopic (exact) mass is 504 g/mol. The fourth-order valence-corrected chi connectivity index (χ4v) is 4.60. The van der Waals surface area contributed by atoms with Gasteiger partial charge in [0.2, 0.25) is 0 Å². The van der Waals surface area contributed by atoms with Crippen molar-refractivity contribution in [1.82, 2.24) is 4.90 Å². The van der Waals surface area contributed by atoms with E-state index < -0.39 is 11.8 Å². The third-order valence-corrected chi connectivity index (χ3v) is 6.66. The van der Waals surface area contributed by atoms with E-state index in [4.69, 9.17) is 4.74 Å². The van der Waals surface area contributed by atoms with Crippen LogP contribution in [0.15, 0.2) is 84.9 Å². The number of ether oxygens (including phenoxy) is 1. The van der Waals surface area contributed by atoms with Gasteiger partial charge in [0.25, 0.3) is 23.6 Å². The maximum absolute atomic E-state index is 13.3. The van der Waals surface area contributed by atoms with E-state index in [2.05, 4.69) is 0 Å². The minimum Gasteiger partial charge on any atom is -0.457 e. The van der Waals surface area contributed by atoms with Crippen molar-refractivity contribution in [2.45, 2.75) is 14.4 Å². The number of hydrogen-bond acceptors (Lipinski definition) is 5. The van der Waals surface area contributed by atoms with Gasteiger partial charge < -0.3 is 4.74 Å². The first kappa shape index (κ1) is 24.6. The van der Waals surface area contributed by atoms with Crippen LogP contribution in [0.2, 0.25) is 0 Å². The second kappa shape index (κ2) is 9.12. The average molecular weight is 505 g/mol. The molecule has 0 bridgehead atoms. The minimum absolute atomic E-state index is 0. The van der Waals surface area contributed by atoms with Gasteiger partial charge in [-0.15, -0.1) is 0 Å². The molecule has 38 heavy (non-hydrogen) atoms. The second-order valence-corrected chi connectivity index (χ2v) is 9.04. The Labute approximate surface area is 219 Å². The van der Waals surface area contributed by atoms with Crippen LogP contribution in [0, 0.1) is 6.92 Å². The summed E-state index contributed by atoms with van der Waals surface area (Å²) < 4.78 is 5.85. The molecule has 0 fully saturated rings. The number of anilines is 1. The first-order valence-corrected chi connectivity index (χ1v) is 11.7. The van der Waals surface area contributed by atoms with Gasteiger partial charge in [-0.3, -0.25) is 24.1 Å². The molecular formula is C31H24N2O5. The largest absolute Gasteiger partial charge is 0.457 e. The van der Waals surface area contributed by atoms with Crippen LogP contribution in [-0.2, 0) is 0 Å². The Bertz CT molecular complexity index is 1640. The lowest BCUT2D eigenvalue weighted by atomic mass is 9.97. The highest BCUT2D eigenvalue weighted by molar-refractivity contribution is 6.34. The molecule has 0 aliphatic carbocycles. The summed E-state index contributed by atoms with van der Waals surface area (Å²) >= 11 is 0. The molecule has 4 aromatic carbocycles. The quantitative estimate of drug-likeness (QED) is 0.313. The van der Waals surface area contributed by atoms with Gasteiger partial charge in [-0.05, 0) is 78.7 Å². The highest BCUT2D eigenvalue weighted by atomic mass is 16.5. The van der Waals surface area contributed by atoms with Crippen LogP contribution < -0.4 is 9.64 Å². The van der Waals surface area contributed by atoms with Crippen molar-refractivity contribution in [3.63, 3.8) is 0 Å². The van der Waals surface area contributed by atoms with Crippen LogP contribution in [0.4, 0.5) is 5.69 Å². The smallest absolute Gasteiger partial charge is 0.266 e. The van der Waals surface area contributed by atoms with E-state index in [1.165, 1.54) is 7.05 Å². The van der Waals surface area contributed by atoms with Crippen molar-refractivity contribution >= 4 is 29.3 Å². The molecule has 4 amide bonds. The van der Waals surface area contributed by atoms with Gasteiger partial charge >= 0.3 is 0 Å². The van der Waals surface area contributed by atoms with Gasteiger partial charge in [0.05, 0.1) is 27.9 Å². The predicted octanol–water partition coefficient (Wildman–Crippen LogP) is 6.12. The highest BCUT2D eigenvalue weighted by Gasteiger charge is 2.37. The summed E-state index contributed by atoms with van der Waals surface area (Å²) in [6.07, 6.45) is 0. The Morgan fingerprint density at radius 3 is 1.58 bits per heavy atom. The molecule has 0 spiro atoms. The molecule has 0 aromatic heterocycles. The summed E-state index contributed by atoms with van der Waals surface area (Å²) in [5.74, 6) is -0.267. The average Bonchev–Trinajstić information content (AvgIpc) is 3.29. The van der Waals surface area contributed by atoms with Crippen LogP contribution in [-0.4, -0.2) is 35.6 Å². The molecular weight excluding hydrogens is 480 g/mol. The molecule has 0 unspecified atom stereocenters. The van der Waals surface area contributed by atoms with Crippen molar-refractivity contribution < 1.29 is 23.9 Å². The number of hydrogen-bond donors (Lipinski definition) is 0. The van der Waals surface area contributed by atoms with E-state index in [1.54, 1.807) is 60.7 Å². The number of amides is 4. The van der Waals surface area contributed by atoms with Crippen LogP contribution in [0.1, 0.15) is 54.4 Å². The number of carbonyl (C=O) groups excluding carboxylic acids is 4. The molecule has 2 aliphatic heterocycles. The predicted molar refractivity (Wildman–Crippen MR) is 144 cm³/mol. The lowest BCUT2D eigenvalue weighted by Gasteiger charge is -2.14. The fraction of sp³-hybridized carbons (Fsp3) is 0.0968. The van der Waals surface area contributed by atoms with E-state index in [9.17, 15) is 19.2 Å². The van der Waals surface area contributed by atoms with E-state index in [0.29, 0.717) is 45.0 Å². The lowest BCUT2D eigenvalue weighted by molar-refractivity contribution is 0.0692. The van der Waals surface area contributed by atoms with Crippen LogP contribution in [0.3, 0.4) is 0 Å². The zero-order chi connectivity index (χ0) is 25.8. The Hall–Kier alpha value is -5.04. The Morgan fingerprint density at radius 2 is 1.00 bits per heavy atom. The Kier molecular flexibility index (Phi) is 5.91. The van der Waals surface area contributed by atoms with Crippen molar-refractivity contribution in [3.8, 4) is 22.6 Å². The van der Waals surface area contributed by atoms with E-state index >= 15 is 0 Å². The maximum Gasteiger partial charge on any atom is 0.266 e. The number of aryl methyl sites for hydroxylation is 1. The summed E-state index contributed by atoms with van der Waals surface area (Å²) in [6.45, 7) is 2.00. The van der Waals surface area contributed by atoms with Gasteiger partial charge in [0, 0.05) is 7.05 Å². The van der Waals surface area contributed by atoms with Crippen molar-refractivity contribution in [3.05, 3.63) is 113 Å². The molecule has 6 rings (SSSR count). The first-order valence-electron chi connectivity index (χ1n) is 11.7. The van der Waals surface area contributed by atoms with Crippen molar-refractivity contribution in [2.75, 3.05) is 11.9 Å². The SMILES string of the molecule is C.Cc1ccc(Oc2ccc(N3C(=O)c4ccc(-c5ccc6c(c5)C(=O)N(C)C6=O)cc4C3=O)cc2)cc1. The summed E-state index contributed by atoms with van der Waals surface area (Å²) in [4.78, 5) is 53.2. The zero-order valence-electron chi connectivity index (χ0n) is 20.0. The van der Waals surface area contributed by atoms with Crippen LogP contribution in [0.5, 0.6) is 11.5 Å². The van der Waals surface area contributed by atoms with Crippen molar-refractivity contribution in [1.29, 1.82) is 0 Å². The molecule has 7 heteroatoms.